The molecule has 1 aliphatic rings. The Labute approximate surface area is 99.1 Å². The Morgan fingerprint density at radius 1 is 1.19 bits per heavy atom. The zero-order valence-corrected chi connectivity index (χ0v) is 9.89. The van der Waals surface area contributed by atoms with Gasteiger partial charge >= 0.3 is 0 Å². The average Bonchev–Trinajstić information content (AvgIpc) is 2.89. The number of aromatic nitrogens is 1. The van der Waals surface area contributed by atoms with Gasteiger partial charge in [-0.15, -0.1) is 11.3 Å². The van der Waals surface area contributed by atoms with E-state index < -0.39 is 0 Å². The van der Waals surface area contributed by atoms with Gasteiger partial charge in [-0.2, -0.15) is 0 Å². The lowest BCUT2D eigenvalue weighted by atomic mass is 10.1. The Kier molecular flexibility index (Phi) is 2.50. The highest BCUT2D eigenvalue weighted by atomic mass is 32.1. The van der Waals surface area contributed by atoms with Gasteiger partial charge in [-0.3, -0.25) is 0 Å². The van der Waals surface area contributed by atoms with Crippen molar-refractivity contribution in [1.29, 1.82) is 0 Å². The van der Waals surface area contributed by atoms with Gasteiger partial charge in [0.25, 0.3) is 0 Å². The Bertz CT molecular complexity index is 478. The molecule has 16 heavy (non-hydrogen) atoms. The van der Waals surface area contributed by atoms with E-state index >= 15 is 0 Å². The molecular weight excluding hydrogens is 216 g/mol. The number of thiazole rings is 1. The smallest absolute Gasteiger partial charge is 0.123 e. The van der Waals surface area contributed by atoms with Crippen LogP contribution in [-0.2, 0) is 19.4 Å². The van der Waals surface area contributed by atoms with Crippen molar-refractivity contribution in [3.63, 3.8) is 0 Å². The van der Waals surface area contributed by atoms with Crippen molar-refractivity contribution in [2.24, 2.45) is 5.73 Å². The molecule has 82 valence electrons. The summed E-state index contributed by atoms with van der Waals surface area (Å²) in [5, 5.41) is 1.16. The Morgan fingerprint density at radius 3 is 2.69 bits per heavy atom. The van der Waals surface area contributed by atoms with Gasteiger partial charge < -0.3 is 5.73 Å². The van der Waals surface area contributed by atoms with Crippen molar-refractivity contribution in [2.45, 2.75) is 25.8 Å². The fourth-order valence-corrected chi connectivity index (χ4v) is 3.25. The van der Waals surface area contributed by atoms with Crippen LogP contribution in [0, 0.1) is 0 Å². The molecule has 0 fully saturated rings. The molecule has 0 unspecified atom stereocenters. The third kappa shape index (κ3) is 1.66. The lowest BCUT2D eigenvalue weighted by Crippen LogP contribution is -1.95. The van der Waals surface area contributed by atoms with E-state index in [0.717, 1.165) is 11.4 Å². The molecule has 0 aliphatic heterocycles. The predicted molar refractivity (Wildman–Crippen MR) is 67.5 cm³/mol. The fraction of sp³-hybridized carbons (Fsp3) is 0.308. The van der Waals surface area contributed by atoms with Crippen LogP contribution >= 0.6 is 11.3 Å². The first-order chi connectivity index (χ1) is 7.86. The second kappa shape index (κ2) is 4.00. The third-order valence-electron chi connectivity index (χ3n) is 3.03. The number of nitrogens with two attached hydrogens (primary N) is 1. The van der Waals surface area contributed by atoms with E-state index in [1.165, 1.54) is 34.5 Å². The second-order valence-corrected chi connectivity index (χ2v) is 5.23. The SMILES string of the molecule is NCc1ccc(-c2nc3c(s2)CCC3)cc1. The number of hydrogen-bond acceptors (Lipinski definition) is 3. The van der Waals surface area contributed by atoms with Crippen LogP contribution in [0.1, 0.15) is 22.6 Å². The van der Waals surface area contributed by atoms with Crippen LogP contribution in [0.2, 0.25) is 0 Å². The van der Waals surface area contributed by atoms with E-state index in [-0.39, 0.29) is 0 Å². The standard InChI is InChI=1S/C13H14N2S/c14-8-9-4-6-10(7-5-9)13-15-11-2-1-3-12(11)16-13/h4-7H,1-3,8,14H2. The van der Waals surface area contributed by atoms with E-state index in [1.54, 1.807) is 0 Å². The van der Waals surface area contributed by atoms with Crippen molar-refractivity contribution in [3.05, 3.63) is 40.4 Å². The summed E-state index contributed by atoms with van der Waals surface area (Å²) >= 11 is 1.85. The molecule has 3 rings (SSSR count). The molecule has 3 heteroatoms. The third-order valence-corrected chi connectivity index (χ3v) is 4.24. The van der Waals surface area contributed by atoms with Gasteiger partial charge in [-0.25, -0.2) is 4.98 Å². The normalized spacial score (nSPS) is 14.1. The minimum atomic E-state index is 0.606. The van der Waals surface area contributed by atoms with Gasteiger partial charge in [0.05, 0.1) is 5.69 Å². The zero-order chi connectivity index (χ0) is 11.0. The summed E-state index contributed by atoms with van der Waals surface area (Å²) in [6.45, 7) is 0.606. The summed E-state index contributed by atoms with van der Waals surface area (Å²) in [6.07, 6.45) is 3.65. The molecule has 2 N–H and O–H groups in total. The zero-order valence-electron chi connectivity index (χ0n) is 9.07. The van der Waals surface area contributed by atoms with Crippen LogP contribution in [0.25, 0.3) is 10.6 Å². The molecule has 1 heterocycles. The highest BCUT2D eigenvalue weighted by Crippen LogP contribution is 2.33. The van der Waals surface area contributed by atoms with E-state index in [4.69, 9.17) is 10.7 Å². The largest absolute Gasteiger partial charge is 0.326 e. The predicted octanol–water partition coefficient (Wildman–Crippen LogP) is 2.76. The summed E-state index contributed by atoms with van der Waals surface area (Å²) in [5.74, 6) is 0. The number of aryl methyl sites for hydroxylation is 2. The molecule has 1 aliphatic carbocycles. The molecule has 0 saturated heterocycles. The van der Waals surface area contributed by atoms with Crippen LogP contribution in [-0.4, -0.2) is 4.98 Å². The van der Waals surface area contributed by atoms with Crippen molar-refractivity contribution >= 4 is 11.3 Å². The number of hydrogen-bond donors (Lipinski definition) is 1. The van der Waals surface area contributed by atoms with E-state index in [9.17, 15) is 0 Å². The van der Waals surface area contributed by atoms with Crippen LogP contribution in [0.4, 0.5) is 0 Å². The van der Waals surface area contributed by atoms with Gasteiger partial charge in [0.1, 0.15) is 5.01 Å². The van der Waals surface area contributed by atoms with Gasteiger partial charge in [0.2, 0.25) is 0 Å². The van der Waals surface area contributed by atoms with E-state index in [1.807, 2.05) is 11.3 Å². The molecule has 2 aromatic rings. The lowest BCUT2D eigenvalue weighted by molar-refractivity contribution is 0.900. The maximum absolute atomic E-state index is 5.58. The van der Waals surface area contributed by atoms with Gasteiger partial charge in [-0.05, 0) is 24.8 Å². The van der Waals surface area contributed by atoms with Crippen LogP contribution < -0.4 is 5.73 Å². The molecule has 1 aromatic carbocycles. The van der Waals surface area contributed by atoms with Crippen LogP contribution in [0.5, 0.6) is 0 Å². The molecule has 0 amide bonds. The monoisotopic (exact) mass is 230 g/mol. The van der Waals surface area contributed by atoms with E-state index in [2.05, 4.69) is 24.3 Å². The number of benzene rings is 1. The van der Waals surface area contributed by atoms with Crippen LogP contribution in [0.15, 0.2) is 24.3 Å². The Balaban J connectivity index is 1.95. The van der Waals surface area contributed by atoms with Gasteiger partial charge in [0.15, 0.2) is 0 Å². The summed E-state index contributed by atoms with van der Waals surface area (Å²) in [7, 11) is 0. The molecular formula is C13H14N2S. The maximum Gasteiger partial charge on any atom is 0.123 e. The number of fused-ring (bicyclic) bond motifs is 1. The first kappa shape index (κ1) is 10.00. The highest BCUT2D eigenvalue weighted by molar-refractivity contribution is 7.15. The summed E-state index contributed by atoms with van der Waals surface area (Å²) in [5.41, 5.74) is 9.30. The average molecular weight is 230 g/mol. The molecule has 2 nitrogen and oxygen atoms in total. The number of nitrogens with zero attached hydrogens (tertiary/aromatic N) is 1. The topological polar surface area (TPSA) is 38.9 Å². The molecule has 0 spiro atoms. The van der Waals surface area contributed by atoms with Crippen molar-refractivity contribution in [2.75, 3.05) is 0 Å². The van der Waals surface area contributed by atoms with Crippen molar-refractivity contribution < 1.29 is 0 Å². The molecule has 0 saturated carbocycles. The second-order valence-electron chi connectivity index (χ2n) is 4.14. The molecule has 0 radical (unpaired) electrons. The quantitative estimate of drug-likeness (QED) is 0.861. The van der Waals surface area contributed by atoms with Crippen LogP contribution in [0.3, 0.4) is 0 Å². The molecule has 0 bridgehead atoms. The first-order valence-corrected chi connectivity index (χ1v) is 6.46. The number of rotatable bonds is 2. The first-order valence-electron chi connectivity index (χ1n) is 5.65. The van der Waals surface area contributed by atoms with Crippen molar-refractivity contribution in [1.82, 2.24) is 4.98 Å². The highest BCUT2D eigenvalue weighted by Gasteiger charge is 2.17. The summed E-state index contributed by atoms with van der Waals surface area (Å²) in [4.78, 5) is 6.19. The van der Waals surface area contributed by atoms with E-state index in [0.29, 0.717) is 6.54 Å². The van der Waals surface area contributed by atoms with Crippen molar-refractivity contribution in [3.8, 4) is 10.6 Å². The molecule has 0 atom stereocenters. The van der Waals surface area contributed by atoms with Gasteiger partial charge in [-0.1, -0.05) is 24.3 Å². The molecule has 1 aromatic heterocycles. The minimum Gasteiger partial charge on any atom is -0.326 e. The Hall–Kier alpha value is -1.19. The summed E-state index contributed by atoms with van der Waals surface area (Å²) < 4.78 is 0. The fourth-order valence-electron chi connectivity index (χ4n) is 2.10. The lowest BCUT2D eigenvalue weighted by Gasteiger charge is -1.99. The summed E-state index contributed by atoms with van der Waals surface area (Å²) in [6, 6.07) is 8.41. The van der Waals surface area contributed by atoms with Gasteiger partial charge in [0, 0.05) is 17.0 Å². The minimum absolute atomic E-state index is 0.606. The maximum atomic E-state index is 5.58. The Morgan fingerprint density at radius 2 is 2.00 bits per heavy atom.